The van der Waals surface area contributed by atoms with E-state index in [2.05, 4.69) is 5.32 Å². The molecule has 1 aliphatic rings. The summed E-state index contributed by atoms with van der Waals surface area (Å²) in [6.45, 7) is 1.92. The van der Waals surface area contributed by atoms with E-state index in [-0.39, 0.29) is 17.9 Å². The standard InChI is InChI=1S/C14H19NO2S/c1-9(8-18-2)14(17)15-13-11-6-4-3-5-10(11)7-12(13)16/h3-6,9,12-13,16H,7-8H2,1-2H3,(H,15,17)/t9?,12-,13+/m1/s1. The van der Waals surface area contributed by atoms with E-state index in [0.29, 0.717) is 6.42 Å². The summed E-state index contributed by atoms with van der Waals surface area (Å²) in [7, 11) is 0. The summed E-state index contributed by atoms with van der Waals surface area (Å²) in [6, 6.07) is 7.65. The smallest absolute Gasteiger partial charge is 0.224 e. The van der Waals surface area contributed by atoms with Crippen molar-refractivity contribution >= 4 is 17.7 Å². The molecule has 3 nitrogen and oxygen atoms in total. The Morgan fingerprint density at radius 3 is 3.00 bits per heavy atom. The highest BCUT2D eigenvalue weighted by atomic mass is 32.2. The van der Waals surface area contributed by atoms with Gasteiger partial charge in [-0.15, -0.1) is 0 Å². The van der Waals surface area contributed by atoms with Crippen LogP contribution in [0.1, 0.15) is 24.1 Å². The Kier molecular flexibility index (Phi) is 4.30. The van der Waals surface area contributed by atoms with Crippen LogP contribution in [0.25, 0.3) is 0 Å². The molecule has 0 heterocycles. The normalized spacial score (nSPS) is 23.5. The maximum atomic E-state index is 12.0. The highest BCUT2D eigenvalue weighted by Crippen LogP contribution is 2.31. The van der Waals surface area contributed by atoms with Crippen LogP contribution in [0.3, 0.4) is 0 Å². The number of carbonyl (C=O) groups is 1. The molecular weight excluding hydrogens is 246 g/mol. The third-order valence-electron chi connectivity index (χ3n) is 3.37. The van der Waals surface area contributed by atoms with Gasteiger partial charge in [0.1, 0.15) is 0 Å². The molecule has 0 radical (unpaired) electrons. The molecule has 2 N–H and O–H groups in total. The van der Waals surface area contributed by atoms with Gasteiger partial charge in [0.2, 0.25) is 5.91 Å². The highest BCUT2D eigenvalue weighted by molar-refractivity contribution is 7.98. The molecule has 1 aromatic carbocycles. The van der Waals surface area contributed by atoms with Crippen molar-refractivity contribution in [2.75, 3.05) is 12.0 Å². The highest BCUT2D eigenvalue weighted by Gasteiger charge is 2.32. The molecule has 2 rings (SSSR count). The van der Waals surface area contributed by atoms with E-state index < -0.39 is 6.10 Å². The summed E-state index contributed by atoms with van der Waals surface area (Å²) in [5.74, 6) is 0.793. The predicted molar refractivity (Wildman–Crippen MR) is 74.6 cm³/mol. The molecule has 18 heavy (non-hydrogen) atoms. The zero-order chi connectivity index (χ0) is 13.1. The Hall–Kier alpha value is -1.00. The van der Waals surface area contributed by atoms with Gasteiger partial charge in [-0.1, -0.05) is 31.2 Å². The first-order valence-corrected chi connectivity index (χ1v) is 7.58. The molecule has 0 aliphatic heterocycles. The van der Waals surface area contributed by atoms with Gasteiger partial charge < -0.3 is 10.4 Å². The number of amides is 1. The van der Waals surface area contributed by atoms with Gasteiger partial charge in [0.15, 0.2) is 0 Å². The number of thioether (sulfide) groups is 1. The third-order valence-corrected chi connectivity index (χ3v) is 4.20. The lowest BCUT2D eigenvalue weighted by atomic mass is 10.1. The van der Waals surface area contributed by atoms with Crippen molar-refractivity contribution in [3.05, 3.63) is 35.4 Å². The Balaban J connectivity index is 2.08. The first kappa shape index (κ1) is 13.4. The van der Waals surface area contributed by atoms with Crippen molar-refractivity contribution in [1.82, 2.24) is 5.32 Å². The summed E-state index contributed by atoms with van der Waals surface area (Å²) < 4.78 is 0. The molecule has 0 bridgehead atoms. The minimum atomic E-state index is -0.507. The number of fused-ring (bicyclic) bond motifs is 1. The van der Waals surface area contributed by atoms with Crippen LogP contribution in [0.5, 0.6) is 0 Å². The molecule has 1 aromatic rings. The Morgan fingerprint density at radius 2 is 2.28 bits per heavy atom. The van der Waals surface area contributed by atoms with Gasteiger partial charge in [0.25, 0.3) is 0 Å². The van der Waals surface area contributed by atoms with Gasteiger partial charge in [-0.3, -0.25) is 4.79 Å². The number of rotatable bonds is 4. The average Bonchev–Trinajstić information content (AvgIpc) is 2.66. The Bertz CT molecular complexity index is 436. The lowest BCUT2D eigenvalue weighted by Gasteiger charge is -2.20. The second kappa shape index (κ2) is 5.76. The number of hydrogen-bond donors (Lipinski definition) is 2. The van der Waals surface area contributed by atoms with Crippen molar-refractivity contribution in [3.63, 3.8) is 0 Å². The van der Waals surface area contributed by atoms with Crippen molar-refractivity contribution in [2.45, 2.75) is 25.5 Å². The van der Waals surface area contributed by atoms with Crippen LogP contribution in [0, 0.1) is 5.92 Å². The lowest BCUT2D eigenvalue weighted by molar-refractivity contribution is -0.125. The van der Waals surface area contributed by atoms with Crippen LogP contribution in [-0.2, 0) is 11.2 Å². The molecule has 0 saturated heterocycles. The fraction of sp³-hybridized carbons (Fsp3) is 0.500. The second-order valence-electron chi connectivity index (χ2n) is 4.81. The Morgan fingerprint density at radius 1 is 1.56 bits per heavy atom. The summed E-state index contributed by atoms with van der Waals surface area (Å²) in [4.78, 5) is 12.0. The van der Waals surface area contributed by atoms with E-state index in [0.717, 1.165) is 16.9 Å². The second-order valence-corrected chi connectivity index (χ2v) is 5.72. The zero-order valence-corrected chi connectivity index (χ0v) is 11.5. The molecular formula is C14H19NO2S. The minimum absolute atomic E-state index is 0.0186. The summed E-state index contributed by atoms with van der Waals surface area (Å²) >= 11 is 1.66. The van der Waals surface area contributed by atoms with E-state index in [4.69, 9.17) is 0 Å². The van der Waals surface area contributed by atoms with Crippen LogP contribution in [0.15, 0.2) is 24.3 Å². The van der Waals surface area contributed by atoms with Gasteiger partial charge in [-0.25, -0.2) is 0 Å². The first-order valence-electron chi connectivity index (χ1n) is 6.18. The van der Waals surface area contributed by atoms with E-state index in [1.807, 2.05) is 37.4 Å². The summed E-state index contributed by atoms with van der Waals surface area (Å²) in [5.41, 5.74) is 2.18. The lowest BCUT2D eigenvalue weighted by Crippen LogP contribution is -2.37. The summed E-state index contributed by atoms with van der Waals surface area (Å²) in [5, 5.41) is 13.0. The van der Waals surface area contributed by atoms with Gasteiger partial charge >= 0.3 is 0 Å². The van der Waals surface area contributed by atoms with Crippen molar-refractivity contribution in [2.24, 2.45) is 5.92 Å². The number of aliphatic hydroxyl groups excluding tert-OH is 1. The number of nitrogens with one attached hydrogen (secondary N) is 1. The van der Waals surface area contributed by atoms with Crippen molar-refractivity contribution in [1.29, 1.82) is 0 Å². The van der Waals surface area contributed by atoms with Crippen LogP contribution >= 0.6 is 11.8 Å². The Labute approximate surface area is 112 Å². The van der Waals surface area contributed by atoms with Crippen LogP contribution in [0.4, 0.5) is 0 Å². The van der Waals surface area contributed by atoms with Crippen LogP contribution in [0.2, 0.25) is 0 Å². The van der Waals surface area contributed by atoms with Gasteiger partial charge in [-0.2, -0.15) is 11.8 Å². The average molecular weight is 265 g/mol. The first-order chi connectivity index (χ1) is 8.63. The van der Waals surface area contributed by atoms with Gasteiger partial charge in [-0.05, 0) is 17.4 Å². The van der Waals surface area contributed by atoms with Crippen LogP contribution in [-0.4, -0.2) is 29.1 Å². The van der Waals surface area contributed by atoms with Gasteiger partial charge in [0, 0.05) is 18.1 Å². The van der Waals surface area contributed by atoms with Crippen molar-refractivity contribution < 1.29 is 9.90 Å². The number of benzene rings is 1. The van der Waals surface area contributed by atoms with Crippen molar-refractivity contribution in [3.8, 4) is 0 Å². The SMILES string of the molecule is CSCC(C)C(=O)N[C@H]1c2ccccc2C[C@H]1O. The maximum Gasteiger partial charge on any atom is 0.224 e. The number of hydrogen-bond acceptors (Lipinski definition) is 3. The van der Waals surface area contributed by atoms with Gasteiger partial charge in [0.05, 0.1) is 12.1 Å². The molecule has 1 unspecified atom stereocenters. The molecule has 0 fully saturated rings. The predicted octanol–water partition coefficient (Wildman–Crippen LogP) is 1.76. The molecule has 4 heteroatoms. The molecule has 0 aromatic heterocycles. The van der Waals surface area contributed by atoms with E-state index >= 15 is 0 Å². The summed E-state index contributed by atoms with van der Waals surface area (Å²) in [6.07, 6.45) is 2.11. The third kappa shape index (κ3) is 2.70. The molecule has 98 valence electrons. The molecule has 0 spiro atoms. The fourth-order valence-electron chi connectivity index (χ4n) is 2.37. The maximum absolute atomic E-state index is 12.0. The zero-order valence-electron chi connectivity index (χ0n) is 10.7. The molecule has 1 aliphatic carbocycles. The number of aliphatic hydroxyl groups is 1. The van der Waals surface area contributed by atoms with E-state index in [1.165, 1.54) is 0 Å². The monoisotopic (exact) mass is 265 g/mol. The molecule has 3 atom stereocenters. The van der Waals surface area contributed by atoms with E-state index in [9.17, 15) is 9.90 Å². The van der Waals surface area contributed by atoms with Crippen LogP contribution < -0.4 is 5.32 Å². The minimum Gasteiger partial charge on any atom is -0.390 e. The number of carbonyl (C=O) groups excluding carboxylic acids is 1. The molecule has 0 saturated carbocycles. The quantitative estimate of drug-likeness (QED) is 0.872. The fourth-order valence-corrected chi connectivity index (χ4v) is 3.02. The molecule has 1 amide bonds. The largest absolute Gasteiger partial charge is 0.390 e. The van der Waals surface area contributed by atoms with E-state index in [1.54, 1.807) is 11.8 Å². The topological polar surface area (TPSA) is 49.3 Å².